The number of H-pyrrole nitrogens is 1. The second-order valence-electron chi connectivity index (χ2n) is 6.78. The van der Waals surface area contributed by atoms with Gasteiger partial charge in [0.2, 0.25) is 0 Å². The summed E-state index contributed by atoms with van der Waals surface area (Å²) in [5.74, 6) is 1.32. The Labute approximate surface area is 152 Å². The molecule has 0 atom stereocenters. The van der Waals surface area contributed by atoms with Gasteiger partial charge < -0.3 is 19.8 Å². The van der Waals surface area contributed by atoms with Crippen LogP contribution in [0.4, 0.5) is 0 Å². The van der Waals surface area contributed by atoms with Gasteiger partial charge in [0.1, 0.15) is 11.5 Å². The number of hydrogen-bond donors (Lipinski definition) is 2. The summed E-state index contributed by atoms with van der Waals surface area (Å²) in [6.45, 7) is 0.605. The van der Waals surface area contributed by atoms with Crippen LogP contribution in [0.3, 0.4) is 0 Å². The first-order chi connectivity index (χ1) is 12.7. The lowest BCUT2D eigenvalue weighted by Gasteiger charge is -2.17. The molecule has 134 valence electrons. The molecule has 0 aliphatic heterocycles. The smallest absolute Gasteiger partial charge is 0.255 e. The molecule has 5 heteroatoms. The molecule has 1 saturated carbocycles. The standard InChI is InChI=1S/C21H22N2O3/c1-25-14-7-8-18-16(11-14)17(12-22-18)21(9-10-21)13-23-20(24)15-5-3-4-6-19(15)26-2/h3-8,11-12,22H,9-10,13H2,1-2H3,(H,23,24). The number of aromatic amines is 1. The third-order valence-electron chi connectivity index (χ3n) is 5.25. The minimum atomic E-state index is -0.105. The minimum Gasteiger partial charge on any atom is -0.497 e. The zero-order valence-electron chi connectivity index (χ0n) is 15.0. The Hall–Kier alpha value is -2.95. The van der Waals surface area contributed by atoms with E-state index in [4.69, 9.17) is 9.47 Å². The molecule has 4 rings (SSSR count). The highest BCUT2D eigenvalue weighted by Gasteiger charge is 2.46. The molecule has 3 aromatic rings. The van der Waals surface area contributed by atoms with Gasteiger partial charge in [0.15, 0.2) is 0 Å². The number of hydrogen-bond acceptors (Lipinski definition) is 3. The number of rotatable bonds is 6. The molecule has 1 heterocycles. The molecule has 26 heavy (non-hydrogen) atoms. The predicted octanol–water partition coefficient (Wildman–Crippen LogP) is 3.65. The van der Waals surface area contributed by atoms with Crippen molar-refractivity contribution in [3.05, 3.63) is 59.8 Å². The van der Waals surface area contributed by atoms with Crippen LogP contribution < -0.4 is 14.8 Å². The Bertz CT molecular complexity index is 957. The van der Waals surface area contributed by atoms with Gasteiger partial charge in [0.25, 0.3) is 5.91 Å². The van der Waals surface area contributed by atoms with Gasteiger partial charge in [0, 0.05) is 29.1 Å². The van der Waals surface area contributed by atoms with Gasteiger partial charge in [-0.1, -0.05) is 12.1 Å². The molecule has 0 bridgehead atoms. The van der Waals surface area contributed by atoms with Crippen molar-refractivity contribution in [2.45, 2.75) is 18.3 Å². The van der Waals surface area contributed by atoms with Gasteiger partial charge in [0.05, 0.1) is 19.8 Å². The van der Waals surface area contributed by atoms with E-state index in [1.807, 2.05) is 24.3 Å². The lowest BCUT2D eigenvalue weighted by atomic mass is 9.95. The Kier molecular flexibility index (Phi) is 4.07. The van der Waals surface area contributed by atoms with E-state index in [-0.39, 0.29) is 11.3 Å². The van der Waals surface area contributed by atoms with E-state index in [0.717, 1.165) is 29.5 Å². The summed E-state index contributed by atoms with van der Waals surface area (Å²) in [4.78, 5) is 15.9. The molecule has 2 N–H and O–H groups in total. The maximum atomic E-state index is 12.6. The van der Waals surface area contributed by atoms with Gasteiger partial charge in [-0.2, -0.15) is 0 Å². The van der Waals surface area contributed by atoms with Crippen molar-refractivity contribution in [2.24, 2.45) is 0 Å². The maximum absolute atomic E-state index is 12.6. The second-order valence-corrected chi connectivity index (χ2v) is 6.78. The molecule has 1 aliphatic carbocycles. The van der Waals surface area contributed by atoms with E-state index in [1.54, 1.807) is 26.4 Å². The van der Waals surface area contributed by atoms with Crippen LogP contribution in [0.15, 0.2) is 48.7 Å². The van der Waals surface area contributed by atoms with Crippen molar-refractivity contribution >= 4 is 16.8 Å². The van der Waals surface area contributed by atoms with E-state index in [1.165, 1.54) is 5.56 Å². The largest absolute Gasteiger partial charge is 0.497 e. The van der Waals surface area contributed by atoms with E-state index < -0.39 is 0 Å². The lowest BCUT2D eigenvalue weighted by molar-refractivity contribution is 0.0946. The molecule has 1 fully saturated rings. The normalized spacial score (nSPS) is 14.8. The second kappa shape index (κ2) is 6.41. The van der Waals surface area contributed by atoms with Crippen LogP contribution in [0.1, 0.15) is 28.8 Å². The molecule has 1 aliphatic rings. The monoisotopic (exact) mass is 350 g/mol. The zero-order valence-corrected chi connectivity index (χ0v) is 15.0. The molecule has 0 radical (unpaired) electrons. The van der Waals surface area contributed by atoms with Gasteiger partial charge in [-0.15, -0.1) is 0 Å². The van der Waals surface area contributed by atoms with Crippen LogP contribution in [0.2, 0.25) is 0 Å². The summed E-state index contributed by atoms with van der Waals surface area (Å²) in [6, 6.07) is 13.3. The molecule has 0 saturated heterocycles. The van der Waals surface area contributed by atoms with Crippen LogP contribution in [-0.4, -0.2) is 31.7 Å². The van der Waals surface area contributed by atoms with Gasteiger partial charge in [-0.25, -0.2) is 0 Å². The highest BCUT2D eigenvalue weighted by Crippen LogP contribution is 2.50. The Morgan fingerprint density at radius 2 is 1.96 bits per heavy atom. The van der Waals surface area contributed by atoms with Crippen molar-refractivity contribution in [2.75, 3.05) is 20.8 Å². The first kappa shape index (κ1) is 16.5. The Morgan fingerprint density at radius 3 is 2.69 bits per heavy atom. The summed E-state index contributed by atoms with van der Waals surface area (Å²) in [7, 11) is 3.25. The molecule has 0 spiro atoms. The van der Waals surface area contributed by atoms with Gasteiger partial charge in [-0.3, -0.25) is 4.79 Å². The van der Waals surface area contributed by atoms with Crippen LogP contribution in [-0.2, 0) is 5.41 Å². The molecule has 2 aromatic carbocycles. The molecule has 0 unspecified atom stereocenters. The first-order valence-electron chi connectivity index (χ1n) is 8.74. The highest BCUT2D eigenvalue weighted by molar-refractivity contribution is 5.97. The number of methoxy groups -OCH3 is 2. The maximum Gasteiger partial charge on any atom is 0.255 e. The molecule has 1 amide bonds. The van der Waals surface area contributed by atoms with E-state index >= 15 is 0 Å². The quantitative estimate of drug-likeness (QED) is 0.713. The lowest BCUT2D eigenvalue weighted by Crippen LogP contribution is -2.32. The van der Waals surface area contributed by atoms with E-state index in [9.17, 15) is 4.79 Å². The van der Waals surface area contributed by atoms with Crippen molar-refractivity contribution in [1.82, 2.24) is 10.3 Å². The number of benzene rings is 2. The summed E-state index contributed by atoms with van der Waals surface area (Å²) in [5, 5.41) is 4.25. The van der Waals surface area contributed by atoms with Crippen molar-refractivity contribution < 1.29 is 14.3 Å². The average molecular weight is 350 g/mol. The summed E-state index contributed by atoms with van der Waals surface area (Å²) >= 11 is 0. The molecule has 1 aromatic heterocycles. The zero-order chi connectivity index (χ0) is 18.1. The average Bonchev–Trinajstić information content (AvgIpc) is 3.36. The van der Waals surface area contributed by atoms with Crippen molar-refractivity contribution in [3.8, 4) is 11.5 Å². The minimum absolute atomic E-state index is 0.0116. The fourth-order valence-corrected chi connectivity index (χ4v) is 3.53. The number of para-hydroxylation sites is 1. The van der Waals surface area contributed by atoms with Gasteiger partial charge in [-0.05, 0) is 48.7 Å². The summed E-state index contributed by atoms with van der Waals surface area (Å²) in [6.07, 6.45) is 4.18. The third-order valence-corrected chi connectivity index (χ3v) is 5.25. The summed E-state index contributed by atoms with van der Waals surface area (Å²) in [5.41, 5.74) is 2.88. The highest BCUT2D eigenvalue weighted by atomic mass is 16.5. The first-order valence-corrected chi connectivity index (χ1v) is 8.74. The van der Waals surface area contributed by atoms with Crippen LogP contribution >= 0.6 is 0 Å². The van der Waals surface area contributed by atoms with E-state index in [0.29, 0.717) is 17.9 Å². The molecular weight excluding hydrogens is 328 g/mol. The van der Waals surface area contributed by atoms with Crippen molar-refractivity contribution in [1.29, 1.82) is 0 Å². The Balaban J connectivity index is 1.56. The predicted molar refractivity (Wildman–Crippen MR) is 101 cm³/mol. The fraction of sp³-hybridized carbons (Fsp3) is 0.286. The molecule has 5 nitrogen and oxygen atoms in total. The topological polar surface area (TPSA) is 63.3 Å². The van der Waals surface area contributed by atoms with Crippen LogP contribution in [0, 0.1) is 0 Å². The Morgan fingerprint density at radius 1 is 1.15 bits per heavy atom. The number of aromatic nitrogens is 1. The number of fused-ring (bicyclic) bond motifs is 1. The number of nitrogens with one attached hydrogen (secondary N) is 2. The van der Waals surface area contributed by atoms with E-state index in [2.05, 4.69) is 22.6 Å². The third kappa shape index (κ3) is 2.79. The fourth-order valence-electron chi connectivity index (χ4n) is 3.53. The number of carbonyl (C=O) groups is 1. The van der Waals surface area contributed by atoms with Crippen LogP contribution in [0.5, 0.6) is 11.5 Å². The SMILES string of the molecule is COc1ccc2[nH]cc(C3(CNC(=O)c4ccccc4OC)CC3)c2c1. The number of carbonyl (C=O) groups excluding carboxylic acids is 1. The van der Waals surface area contributed by atoms with Crippen LogP contribution in [0.25, 0.3) is 10.9 Å². The molecular formula is C21H22N2O3. The van der Waals surface area contributed by atoms with Gasteiger partial charge >= 0.3 is 0 Å². The van der Waals surface area contributed by atoms with Crippen molar-refractivity contribution in [3.63, 3.8) is 0 Å². The summed E-state index contributed by atoms with van der Waals surface area (Å²) < 4.78 is 10.7. The number of amides is 1. The number of ether oxygens (including phenoxy) is 2.